The van der Waals surface area contributed by atoms with Gasteiger partial charge in [0.1, 0.15) is 16.1 Å². The van der Waals surface area contributed by atoms with Crippen molar-refractivity contribution in [2.24, 2.45) is 5.92 Å². The van der Waals surface area contributed by atoms with Crippen molar-refractivity contribution in [1.29, 1.82) is 0 Å². The van der Waals surface area contributed by atoms with Crippen LogP contribution in [0.25, 0.3) is 0 Å². The Balaban J connectivity index is 0.00000101. The second-order valence-corrected chi connectivity index (χ2v) is 15.8. The quantitative estimate of drug-likeness (QED) is 0.0732. The molecule has 2 aliphatic rings. The molecule has 1 aliphatic carbocycles. The number of hydrogen-bond acceptors (Lipinski definition) is 10. The molecule has 1 N–H and O–H groups in total. The molecule has 0 amide bonds. The van der Waals surface area contributed by atoms with Gasteiger partial charge in [-0.3, -0.25) is 9.21 Å². The summed E-state index contributed by atoms with van der Waals surface area (Å²) in [7, 11) is -4.05. The summed E-state index contributed by atoms with van der Waals surface area (Å²) in [4.78, 5) is 24.7. The van der Waals surface area contributed by atoms with Crippen LogP contribution in [-0.4, -0.2) is 95.4 Å². The van der Waals surface area contributed by atoms with E-state index in [1.807, 2.05) is 4.90 Å². The molecule has 1 saturated heterocycles. The van der Waals surface area contributed by atoms with Crippen LogP contribution >= 0.6 is 23.2 Å². The minimum absolute atomic E-state index is 0.0692. The SMILES string of the molecule is CS(=O)(=O)N(CCN1CCOCC1)c1ccc(C(F)(F)F)c(C(=O)OC(Cc2c(Cl)c[n+]([O-])cc2Cl)c2ccc(OC(F)F)c(OCC3CC3)c2)c1.O=C(O)C(F)(F)F. The molecule has 2 aromatic carbocycles. The molecular formula is C35H35Cl2F8N3O10S. The lowest BCUT2D eigenvalue weighted by Gasteiger charge is -2.30. The summed E-state index contributed by atoms with van der Waals surface area (Å²) in [6.45, 7) is -1.03. The minimum Gasteiger partial charge on any atom is -0.619 e. The minimum atomic E-state index is -5.08. The molecule has 326 valence electrons. The third-order valence-electron chi connectivity index (χ3n) is 8.61. The Bertz CT molecular complexity index is 2050. The maximum Gasteiger partial charge on any atom is 0.490 e. The highest BCUT2D eigenvalue weighted by molar-refractivity contribution is 7.92. The number of nitrogens with zero attached hydrogens (tertiary/aromatic N) is 3. The van der Waals surface area contributed by atoms with E-state index in [1.165, 1.54) is 12.1 Å². The van der Waals surface area contributed by atoms with Crippen molar-refractivity contribution in [2.75, 3.05) is 56.6 Å². The summed E-state index contributed by atoms with van der Waals surface area (Å²) in [5.41, 5.74) is -2.47. The van der Waals surface area contributed by atoms with Crippen molar-refractivity contribution in [3.63, 3.8) is 0 Å². The van der Waals surface area contributed by atoms with E-state index in [1.54, 1.807) is 0 Å². The topological polar surface area (TPSA) is 159 Å². The number of halogens is 10. The number of carboxylic acid groups (broad SMARTS) is 1. The second kappa shape index (κ2) is 19.8. The van der Waals surface area contributed by atoms with Crippen LogP contribution in [0.1, 0.15) is 46.0 Å². The summed E-state index contributed by atoms with van der Waals surface area (Å²) in [5.74, 6) is -4.55. The molecule has 1 atom stereocenters. The second-order valence-electron chi connectivity index (χ2n) is 13.0. The summed E-state index contributed by atoms with van der Waals surface area (Å²) in [6.07, 6.45) is -7.50. The number of carbonyl (C=O) groups excluding carboxylic acids is 1. The number of pyridine rings is 1. The van der Waals surface area contributed by atoms with Gasteiger partial charge in [-0.15, -0.1) is 0 Å². The van der Waals surface area contributed by atoms with E-state index >= 15 is 0 Å². The smallest absolute Gasteiger partial charge is 0.490 e. The third kappa shape index (κ3) is 14.1. The van der Waals surface area contributed by atoms with Gasteiger partial charge in [-0.25, -0.2) is 18.0 Å². The highest BCUT2D eigenvalue weighted by Gasteiger charge is 2.39. The normalized spacial score (nSPS) is 15.5. The van der Waals surface area contributed by atoms with Crippen LogP contribution in [0.3, 0.4) is 0 Å². The molecule has 2 heterocycles. The van der Waals surface area contributed by atoms with E-state index in [9.17, 15) is 53.5 Å². The Labute approximate surface area is 341 Å². The predicted octanol–water partition coefficient (Wildman–Crippen LogP) is 6.91. The maximum absolute atomic E-state index is 14.4. The Kier molecular flexibility index (Phi) is 15.9. The van der Waals surface area contributed by atoms with Gasteiger partial charge in [-0.1, -0.05) is 29.3 Å². The largest absolute Gasteiger partial charge is 0.619 e. The van der Waals surface area contributed by atoms with Gasteiger partial charge < -0.3 is 29.3 Å². The van der Waals surface area contributed by atoms with Crippen LogP contribution in [0.4, 0.5) is 40.8 Å². The van der Waals surface area contributed by atoms with Gasteiger partial charge in [-0.2, -0.15) is 39.9 Å². The van der Waals surface area contributed by atoms with Gasteiger partial charge in [0.05, 0.1) is 42.9 Å². The Morgan fingerprint density at radius 2 is 1.63 bits per heavy atom. The lowest BCUT2D eigenvalue weighted by Crippen LogP contribution is -2.43. The van der Waals surface area contributed by atoms with E-state index in [0.717, 1.165) is 54.0 Å². The number of alkyl halides is 8. The zero-order valence-electron chi connectivity index (χ0n) is 30.6. The molecule has 13 nitrogen and oxygen atoms in total. The lowest BCUT2D eigenvalue weighted by molar-refractivity contribution is -0.605. The number of anilines is 1. The van der Waals surface area contributed by atoms with Crippen molar-refractivity contribution in [1.82, 2.24) is 4.90 Å². The van der Waals surface area contributed by atoms with Gasteiger partial charge in [0, 0.05) is 38.2 Å². The van der Waals surface area contributed by atoms with Crippen LogP contribution in [-0.2, 0) is 36.9 Å². The fraction of sp³-hybridized carbons (Fsp3) is 0.457. The van der Waals surface area contributed by atoms with Gasteiger partial charge >= 0.3 is 30.9 Å². The number of carbonyl (C=O) groups is 2. The molecule has 2 fully saturated rings. The number of aromatic nitrogens is 1. The van der Waals surface area contributed by atoms with Crippen LogP contribution in [0.5, 0.6) is 11.5 Å². The molecule has 1 saturated carbocycles. The molecule has 0 spiro atoms. The van der Waals surface area contributed by atoms with Crippen LogP contribution in [0, 0.1) is 11.1 Å². The first-order valence-corrected chi connectivity index (χ1v) is 19.8. The van der Waals surface area contributed by atoms with Crippen molar-refractivity contribution in [3.05, 3.63) is 86.3 Å². The van der Waals surface area contributed by atoms with Crippen molar-refractivity contribution in [2.45, 2.75) is 44.3 Å². The number of benzene rings is 2. The zero-order chi connectivity index (χ0) is 43.9. The van der Waals surface area contributed by atoms with E-state index in [4.69, 9.17) is 47.3 Å². The van der Waals surface area contributed by atoms with Gasteiger partial charge in [-0.05, 0) is 54.7 Å². The number of esters is 1. The molecule has 59 heavy (non-hydrogen) atoms. The molecule has 24 heteroatoms. The summed E-state index contributed by atoms with van der Waals surface area (Å²) in [5, 5.41) is 18.7. The fourth-order valence-corrected chi connectivity index (χ4v) is 7.01. The van der Waals surface area contributed by atoms with Crippen molar-refractivity contribution in [3.8, 4) is 11.5 Å². The highest BCUT2D eigenvalue weighted by Crippen LogP contribution is 2.40. The van der Waals surface area contributed by atoms with E-state index in [2.05, 4.69) is 4.74 Å². The predicted molar refractivity (Wildman–Crippen MR) is 193 cm³/mol. The number of carboxylic acids is 1. The Morgan fingerprint density at radius 3 is 2.15 bits per heavy atom. The number of morpholine rings is 1. The van der Waals surface area contributed by atoms with Crippen molar-refractivity contribution < 1.29 is 81.9 Å². The van der Waals surface area contributed by atoms with Crippen LogP contribution in [0.15, 0.2) is 48.8 Å². The molecule has 1 aliphatic heterocycles. The molecule has 3 aromatic rings. The van der Waals surface area contributed by atoms with E-state index in [-0.39, 0.29) is 64.0 Å². The van der Waals surface area contributed by atoms with Gasteiger partial charge in [0.25, 0.3) is 0 Å². The number of rotatable bonds is 15. The maximum atomic E-state index is 14.4. The van der Waals surface area contributed by atoms with Gasteiger partial charge in [0.2, 0.25) is 10.0 Å². The van der Waals surface area contributed by atoms with Gasteiger partial charge in [0.15, 0.2) is 23.9 Å². The first-order chi connectivity index (χ1) is 27.4. The summed E-state index contributed by atoms with van der Waals surface area (Å²) in [6, 6.07) is 5.95. The van der Waals surface area contributed by atoms with Crippen LogP contribution in [0.2, 0.25) is 10.0 Å². The summed E-state index contributed by atoms with van der Waals surface area (Å²) < 4.78 is 150. The van der Waals surface area contributed by atoms with E-state index < -0.39 is 64.6 Å². The average molecular weight is 913 g/mol. The fourth-order valence-electron chi connectivity index (χ4n) is 5.50. The monoisotopic (exact) mass is 911 g/mol. The molecule has 1 aromatic heterocycles. The molecule has 0 radical (unpaired) electrons. The molecule has 1 unspecified atom stereocenters. The number of sulfonamides is 1. The standard InChI is InChI=1S/C33H34Cl2F5N3O8S.C2HF3O2/c1-52(46,47)43(9-8-41-10-12-48-13-11-41)22-5-6-25(33(38,39)40)23(15-22)31(44)50-29(16-24-26(34)17-42(45)18-27(24)35)21-4-7-28(51-32(36)37)30(14-21)49-19-20-2-3-20;3-2(4,5)1(6)7/h4-7,14-15,17-18,20,29,32H,2-3,8-13,16,19H2,1H3;(H,6,7). The third-order valence-corrected chi connectivity index (χ3v) is 10.5. The molecular weight excluding hydrogens is 877 g/mol. The Morgan fingerprint density at radius 1 is 1.02 bits per heavy atom. The summed E-state index contributed by atoms with van der Waals surface area (Å²) >= 11 is 12.6. The first kappa shape index (κ1) is 47.3. The lowest BCUT2D eigenvalue weighted by atomic mass is 10.0. The number of aliphatic carboxylic acids is 1. The Hall–Kier alpha value is -4.38. The van der Waals surface area contributed by atoms with E-state index in [0.29, 0.717) is 37.1 Å². The number of ether oxygens (including phenoxy) is 4. The van der Waals surface area contributed by atoms with Crippen molar-refractivity contribution >= 4 is 50.9 Å². The first-order valence-electron chi connectivity index (χ1n) is 17.2. The molecule has 5 rings (SSSR count). The molecule has 0 bridgehead atoms. The average Bonchev–Trinajstić information content (AvgIpc) is 3.96. The van der Waals surface area contributed by atoms with Crippen LogP contribution < -0.4 is 18.5 Å². The zero-order valence-corrected chi connectivity index (χ0v) is 32.9. The highest BCUT2D eigenvalue weighted by atomic mass is 35.5. The number of hydrogen-bond donors (Lipinski definition) is 1.